The van der Waals surface area contributed by atoms with Gasteiger partial charge in [-0.1, -0.05) is 29.4 Å². The van der Waals surface area contributed by atoms with E-state index in [0.717, 1.165) is 17.0 Å². The molecule has 0 saturated carbocycles. The van der Waals surface area contributed by atoms with E-state index in [1.54, 1.807) is 24.3 Å². The van der Waals surface area contributed by atoms with Crippen LogP contribution in [0.15, 0.2) is 64.6 Å². The molecule has 1 aromatic carbocycles. The van der Waals surface area contributed by atoms with Gasteiger partial charge < -0.3 is 14.7 Å². The van der Waals surface area contributed by atoms with E-state index >= 15 is 0 Å². The molecule has 2 aliphatic rings. The quantitative estimate of drug-likeness (QED) is 0.892. The lowest BCUT2D eigenvalue weighted by Crippen LogP contribution is -2.23. The molecule has 0 amide bonds. The number of aromatic nitrogens is 2. The molecule has 9 heteroatoms. The molecule has 0 bridgehead atoms. The Labute approximate surface area is 151 Å². The van der Waals surface area contributed by atoms with Crippen LogP contribution in [0.5, 0.6) is 0 Å². The van der Waals surface area contributed by atoms with Gasteiger partial charge in [-0.15, -0.1) is 0 Å². The molecular formula is C18H12F3N5O. The lowest BCUT2D eigenvalue weighted by molar-refractivity contribution is -0.159. The number of alkyl halides is 3. The Balaban J connectivity index is 1.50. The van der Waals surface area contributed by atoms with Gasteiger partial charge in [0.2, 0.25) is 5.82 Å². The van der Waals surface area contributed by atoms with Crippen molar-refractivity contribution in [1.82, 2.24) is 20.4 Å². The van der Waals surface area contributed by atoms with Crippen molar-refractivity contribution in [2.24, 2.45) is 0 Å². The van der Waals surface area contributed by atoms with Crippen LogP contribution in [0.2, 0.25) is 0 Å². The molecule has 3 heterocycles. The topological polar surface area (TPSA) is 78.0 Å². The minimum Gasteiger partial charge on any atom is -0.365 e. The summed E-state index contributed by atoms with van der Waals surface area (Å²) in [5, 5.41) is 15.5. The van der Waals surface area contributed by atoms with Crippen LogP contribution >= 0.6 is 0 Å². The molecule has 0 spiro atoms. The van der Waals surface area contributed by atoms with Crippen molar-refractivity contribution in [1.29, 1.82) is 5.26 Å². The highest BCUT2D eigenvalue weighted by atomic mass is 19.4. The number of nitriles is 1. The van der Waals surface area contributed by atoms with Crippen LogP contribution in [0.25, 0.3) is 11.4 Å². The first-order valence-corrected chi connectivity index (χ1v) is 7.98. The molecule has 0 aliphatic carbocycles. The second-order valence-electron chi connectivity index (χ2n) is 5.97. The Morgan fingerprint density at radius 2 is 2.04 bits per heavy atom. The molecule has 1 unspecified atom stereocenters. The fourth-order valence-corrected chi connectivity index (χ4v) is 2.86. The minimum atomic E-state index is -4.67. The van der Waals surface area contributed by atoms with E-state index in [1.807, 2.05) is 29.3 Å². The lowest BCUT2D eigenvalue weighted by Gasteiger charge is -2.25. The third-order valence-corrected chi connectivity index (χ3v) is 4.12. The van der Waals surface area contributed by atoms with Crippen LogP contribution in [-0.2, 0) is 12.7 Å². The molecule has 0 saturated heterocycles. The van der Waals surface area contributed by atoms with Gasteiger partial charge in [-0.05, 0) is 23.8 Å². The van der Waals surface area contributed by atoms with Gasteiger partial charge >= 0.3 is 12.1 Å². The van der Waals surface area contributed by atoms with Gasteiger partial charge in [0.1, 0.15) is 6.04 Å². The summed E-state index contributed by atoms with van der Waals surface area (Å²) in [6.45, 7) is 0.541. The standard InChI is InChI=1S/C18H12F3N5O/c19-18(20,21)17-24-16(25-27-17)12-5-3-11(4-6-12)10-26-7-1-2-14-15(26)8-13(9-22)23-14/h1-8,13,23H,10H2. The van der Waals surface area contributed by atoms with Crippen LogP contribution in [-0.4, -0.2) is 21.1 Å². The van der Waals surface area contributed by atoms with E-state index in [9.17, 15) is 13.2 Å². The Hall–Kier alpha value is -3.54. The molecular weight excluding hydrogens is 359 g/mol. The van der Waals surface area contributed by atoms with Crippen LogP contribution in [0.3, 0.4) is 0 Å². The fourth-order valence-electron chi connectivity index (χ4n) is 2.86. The van der Waals surface area contributed by atoms with Crippen LogP contribution in [0.1, 0.15) is 11.5 Å². The molecule has 1 aromatic heterocycles. The number of benzene rings is 1. The van der Waals surface area contributed by atoms with E-state index in [0.29, 0.717) is 12.1 Å². The Bertz CT molecular complexity index is 995. The number of hydrogen-bond acceptors (Lipinski definition) is 6. The average Bonchev–Trinajstić information content (AvgIpc) is 3.29. The average molecular weight is 371 g/mol. The maximum absolute atomic E-state index is 12.6. The normalized spacial score (nSPS) is 18.4. The number of allylic oxidation sites excluding steroid dienone is 2. The predicted molar refractivity (Wildman–Crippen MR) is 88.1 cm³/mol. The van der Waals surface area contributed by atoms with Gasteiger partial charge in [-0.2, -0.15) is 23.4 Å². The monoisotopic (exact) mass is 371 g/mol. The third kappa shape index (κ3) is 3.29. The molecule has 1 atom stereocenters. The van der Waals surface area contributed by atoms with E-state index < -0.39 is 12.1 Å². The predicted octanol–water partition coefficient (Wildman–Crippen LogP) is 3.35. The van der Waals surface area contributed by atoms with Gasteiger partial charge in [-0.3, -0.25) is 0 Å². The van der Waals surface area contributed by atoms with Gasteiger partial charge in [0.25, 0.3) is 0 Å². The molecule has 2 aliphatic heterocycles. The van der Waals surface area contributed by atoms with Gasteiger partial charge in [0, 0.05) is 18.3 Å². The van der Waals surface area contributed by atoms with E-state index in [2.05, 4.69) is 26.0 Å². The highest BCUT2D eigenvalue weighted by Gasteiger charge is 2.38. The SMILES string of the molecule is N#CC1C=C2C(=CC=CN2Cc2ccc(-c3noc(C(F)(F)F)n3)cc2)N1. The number of nitrogens with zero attached hydrogens (tertiary/aromatic N) is 4. The third-order valence-electron chi connectivity index (χ3n) is 4.12. The zero-order valence-electron chi connectivity index (χ0n) is 13.7. The van der Waals surface area contributed by atoms with Crippen molar-refractivity contribution in [2.75, 3.05) is 0 Å². The molecule has 0 radical (unpaired) electrons. The molecule has 1 N–H and O–H groups in total. The van der Waals surface area contributed by atoms with E-state index in [-0.39, 0.29) is 11.9 Å². The van der Waals surface area contributed by atoms with E-state index in [1.165, 1.54) is 0 Å². The first-order chi connectivity index (χ1) is 12.9. The number of rotatable bonds is 3. The van der Waals surface area contributed by atoms with Crippen LogP contribution in [0.4, 0.5) is 13.2 Å². The summed E-state index contributed by atoms with van der Waals surface area (Å²) in [5.74, 6) is -1.48. The lowest BCUT2D eigenvalue weighted by atomic mass is 10.1. The highest BCUT2D eigenvalue weighted by molar-refractivity contribution is 5.55. The van der Waals surface area contributed by atoms with Crippen molar-refractivity contribution in [3.8, 4) is 17.5 Å². The van der Waals surface area contributed by atoms with E-state index in [4.69, 9.17) is 5.26 Å². The van der Waals surface area contributed by atoms with Crippen molar-refractivity contribution in [3.05, 3.63) is 71.5 Å². The second-order valence-corrected chi connectivity index (χ2v) is 5.97. The number of fused-ring (bicyclic) bond motifs is 1. The summed E-state index contributed by atoms with van der Waals surface area (Å²) < 4.78 is 41.9. The molecule has 4 rings (SSSR count). The largest absolute Gasteiger partial charge is 0.471 e. The first-order valence-electron chi connectivity index (χ1n) is 7.98. The van der Waals surface area contributed by atoms with Crippen LogP contribution < -0.4 is 5.32 Å². The van der Waals surface area contributed by atoms with Crippen molar-refractivity contribution in [3.63, 3.8) is 0 Å². The zero-order chi connectivity index (χ0) is 19.0. The maximum Gasteiger partial charge on any atom is 0.471 e. The molecule has 0 fully saturated rings. The Kier molecular flexibility index (Phi) is 3.96. The number of nitrogens with one attached hydrogen (secondary N) is 1. The molecule has 27 heavy (non-hydrogen) atoms. The summed E-state index contributed by atoms with van der Waals surface area (Å²) in [4.78, 5) is 5.37. The van der Waals surface area contributed by atoms with Crippen molar-refractivity contribution < 1.29 is 17.7 Å². The molecule has 136 valence electrons. The first kappa shape index (κ1) is 16.9. The summed E-state index contributed by atoms with van der Waals surface area (Å²) in [6, 6.07) is 8.65. The summed E-state index contributed by atoms with van der Waals surface area (Å²) >= 11 is 0. The van der Waals surface area contributed by atoms with Crippen molar-refractivity contribution in [2.45, 2.75) is 18.8 Å². The van der Waals surface area contributed by atoms with Gasteiger partial charge in [0.05, 0.1) is 17.5 Å². The maximum atomic E-state index is 12.6. The highest BCUT2D eigenvalue weighted by Crippen LogP contribution is 2.30. The number of hydrogen-bond donors (Lipinski definition) is 1. The van der Waals surface area contributed by atoms with Crippen molar-refractivity contribution >= 4 is 0 Å². The zero-order valence-corrected chi connectivity index (χ0v) is 13.7. The molecule has 2 aromatic rings. The Morgan fingerprint density at radius 3 is 2.70 bits per heavy atom. The van der Waals surface area contributed by atoms with Gasteiger partial charge in [0.15, 0.2) is 0 Å². The van der Waals surface area contributed by atoms with Crippen LogP contribution in [0, 0.1) is 11.3 Å². The smallest absolute Gasteiger partial charge is 0.365 e. The summed E-state index contributed by atoms with van der Waals surface area (Å²) in [7, 11) is 0. The minimum absolute atomic E-state index is 0.114. The molecule has 6 nitrogen and oxygen atoms in total. The second kappa shape index (κ2) is 6.32. The Morgan fingerprint density at radius 1 is 1.26 bits per heavy atom. The summed E-state index contributed by atoms with van der Waals surface area (Å²) in [5.41, 5.74) is 3.16. The number of halogens is 3. The van der Waals surface area contributed by atoms with Gasteiger partial charge in [-0.25, -0.2) is 0 Å². The fraction of sp³-hybridized carbons (Fsp3) is 0.167. The summed E-state index contributed by atoms with van der Waals surface area (Å²) in [6.07, 6.45) is 2.87.